The molecular weight excluding hydrogens is 288 g/mol. The van der Waals surface area contributed by atoms with Crippen LogP contribution >= 0.6 is 0 Å². The molecule has 1 aromatic rings. The molecule has 0 unspecified atom stereocenters. The lowest BCUT2D eigenvalue weighted by Crippen LogP contribution is -2.49. The summed E-state index contributed by atoms with van der Waals surface area (Å²) in [7, 11) is 0. The number of aromatic nitrogens is 1. The van der Waals surface area contributed by atoms with Crippen LogP contribution in [0.15, 0.2) is 10.6 Å². The van der Waals surface area contributed by atoms with Crippen molar-refractivity contribution in [3.63, 3.8) is 0 Å². The molecule has 8 nitrogen and oxygen atoms in total. The Kier molecular flexibility index (Phi) is 5.76. The number of carbonyl (C=O) groups excluding carboxylic acids is 2. The molecule has 22 heavy (non-hydrogen) atoms. The highest BCUT2D eigenvalue weighted by Crippen LogP contribution is 2.08. The molecule has 0 aromatic carbocycles. The van der Waals surface area contributed by atoms with Crippen molar-refractivity contribution >= 4 is 17.8 Å². The normalized spacial score (nSPS) is 15.6. The molecule has 0 spiro atoms. The monoisotopic (exact) mass is 310 g/mol. The lowest BCUT2D eigenvalue weighted by molar-refractivity contribution is -0.116. The minimum atomic E-state index is -0.263. The van der Waals surface area contributed by atoms with Crippen LogP contribution < -0.4 is 5.32 Å². The summed E-state index contributed by atoms with van der Waals surface area (Å²) in [6.45, 7) is 7.35. The Hall–Kier alpha value is -2.09. The van der Waals surface area contributed by atoms with Gasteiger partial charge in [-0.25, -0.2) is 4.79 Å². The van der Waals surface area contributed by atoms with Crippen molar-refractivity contribution in [3.8, 4) is 0 Å². The Morgan fingerprint density at radius 3 is 2.68 bits per heavy atom. The van der Waals surface area contributed by atoms with Gasteiger partial charge in [0, 0.05) is 45.2 Å². The third-order valence-corrected chi connectivity index (χ3v) is 3.45. The molecule has 0 saturated carbocycles. The summed E-state index contributed by atoms with van der Waals surface area (Å²) in [5.74, 6) is 1.00. The van der Waals surface area contributed by atoms with Crippen molar-refractivity contribution in [2.75, 3.05) is 44.6 Å². The van der Waals surface area contributed by atoms with E-state index in [2.05, 4.69) is 15.4 Å². The van der Waals surface area contributed by atoms with Crippen LogP contribution in [-0.2, 0) is 9.53 Å². The smallest absolute Gasteiger partial charge is 0.409 e. The molecule has 0 atom stereocenters. The number of aryl methyl sites for hydroxylation is 1. The van der Waals surface area contributed by atoms with Crippen molar-refractivity contribution in [1.82, 2.24) is 15.0 Å². The van der Waals surface area contributed by atoms with E-state index in [9.17, 15) is 9.59 Å². The number of anilines is 1. The number of piperazine rings is 1. The first-order valence-electron chi connectivity index (χ1n) is 7.45. The molecule has 1 aliphatic heterocycles. The van der Waals surface area contributed by atoms with Gasteiger partial charge in [0.2, 0.25) is 5.91 Å². The van der Waals surface area contributed by atoms with Crippen LogP contribution in [0.3, 0.4) is 0 Å². The maximum absolute atomic E-state index is 11.8. The SMILES string of the molecule is CCOC(=O)N1CCN(CCC(=O)Nc2cc(C)on2)CC1. The predicted molar refractivity (Wildman–Crippen MR) is 79.5 cm³/mol. The molecule has 8 heteroatoms. The van der Waals surface area contributed by atoms with E-state index in [4.69, 9.17) is 9.26 Å². The van der Waals surface area contributed by atoms with E-state index in [-0.39, 0.29) is 12.0 Å². The highest BCUT2D eigenvalue weighted by molar-refractivity contribution is 5.89. The van der Waals surface area contributed by atoms with Crippen molar-refractivity contribution in [2.45, 2.75) is 20.3 Å². The second-order valence-corrected chi connectivity index (χ2v) is 5.15. The highest BCUT2D eigenvalue weighted by Gasteiger charge is 2.22. The Morgan fingerprint density at radius 1 is 1.36 bits per heavy atom. The summed E-state index contributed by atoms with van der Waals surface area (Å²) in [6.07, 6.45) is 0.118. The van der Waals surface area contributed by atoms with Gasteiger partial charge in [-0.2, -0.15) is 0 Å². The molecule has 0 aliphatic carbocycles. The van der Waals surface area contributed by atoms with Gasteiger partial charge >= 0.3 is 6.09 Å². The number of carbonyl (C=O) groups is 2. The van der Waals surface area contributed by atoms with Gasteiger partial charge in [0.15, 0.2) is 5.82 Å². The summed E-state index contributed by atoms with van der Waals surface area (Å²) >= 11 is 0. The van der Waals surface area contributed by atoms with Gasteiger partial charge in [-0.15, -0.1) is 0 Å². The zero-order valence-electron chi connectivity index (χ0n) is 13.0. The lowest BCUT2D eigenvalue weighted by Gasteiger charge is -2.33. The molecule has 1 aromatic heterocycles. The van der Waals surface area contributed by atoms with Crippen LogP contribution in [0.5, 0.6) is 0 Å². The van der Waals surface area contributed by atoms with E-state index >= 15 is 0 Å². The lowest BCUT2D eigenvalue weighted by atomic mass is 10.3. The summed E-state index contributed by atoms with van der Waals surface area (Å²) in [4.78, 5) is 27.2. The molecular formula is C14H22N4O4. The first-order valence-corrected chi connectivity index (χ1v) is 7.45. The summed E-state index contributed by atoms with van der Waals surface area (Å²) in [6, 6.07) is 1.68. The van der Waals surface area contributed by atoms with E-state index in [1.165, 1.54) is 0 Å². The molecule has 1 fully saturated rings. The van der Waals surface area contributed by atoms with Crippen LogP contribution in [0.4, 0.5) is 10.6 Å². The average Bonchev–Trinajstić information content (AvgIpc) is 2.91. The van der Waals surface area contributed by atoms with Crippen LogP contribution in [0.25, 0.3) is 0 Å². The Bertz CT molecular complexity index is 509. The zero-order valence-corrected chi connectivity index (χ0v) is 13.0. The van der Waals surface area contributed by atoms with Gasteiger partial charge in [-0.1, -0.05) is 5.16 Å². The summed E-state index contributed by atoms with van der Waals surface area (Å²) in [5, 5.41) is 6.41. The fraction of sp³-hybridized carbons (Fsp3) is 0.643. The van der Waals surface area contributed by atoms with Crippen molar-refractivity contribution in [1.29, 1.82) is 0 Å². The number of ether oxygens (including phenoxy) is 1. The van der Waals surface area contributed by atoms with Gasteiger partial charge in [0.05, 0.1) is 6.61 Å². The van der Waals surface area contributed by atoms with E-state index in [1.807, 2.05) is 0 Å². The topological polar surface area (TPSA) is 87.9 Å². The maximum Gasteiger partial charge on any atom is 0.409 e. The molecule has 0 bridgehead atoms. The Balaban J connectivity index is 1.66. The maximum atomic E-state index is 11.8. The second kappa shape index (κ2) is 7.79. The Labute approximate surface area is 129 Å². The van der Waals surface area contributed by atoms with E-state index in [1.54, 1.807) is 24.8 Å². The third kappa shape index (κ3) is 4.73. The predicted octanol–water partition coefficient (Wildman–Crippen LogP) is 1.09. The number of rotatable bonds is 5. The second-order valence-electron chi connectivity index (χ2n) is 5.15. The number of hydrogen-bond acceptors (Lipinski definition) is 6. The Morgan fingerprint density at radius 2 is 2.09 bits per heavy atom. The van der Waals surface area contributed by atoms with Crippen LogP contribution in [0.2, 0.25) is 0 Å². The molecule has 122 valence electrons. The molecule has 1 N–H and O–H groups in total. The largest absolute Gasteiger partial charge is 0.450 e. The van der Waals surface area contributed by atoms with Crippen molar-refractivity contribution in [3.05, 3.63) is 11.8 Å². The van der Waals surface area contributed by atoms with Gasteiger partial charge in [0.25, 0.3) is 0 Å². The van der Waals surface area contributed by atoms with E-state index in [0.29, 0.717) is 44.2 Å². The number of amides is 2. The van der Waals surface area contributed by atoms with Gasteiger partial charge < -0.3 is 19.5 Å². The summed E-state index contributed by atoms with van der Waals surface area (Å²) in [5.41, 5.74) is 0. The van der Waals surface area contributed by atoms with Crippen molar-refractivity contribution in [2.24, 2.45) is 0 Å². The van der Waals surface area contributed by atoms with Crippen molar-refractivity contribution < 1.29 is 18.8 Å². The molecule has 0 radical (unpaired) electrons. The van der Waals surface area contributed by atoms with Gasteiger partial charge in [-0.3, -0.25) is 9.69 Å². The molecule has 2 rings (SSSR count). The first kappa shape index (κ1) is 16.3. The third-order valence-electron chi connectivity index (χ3n) is 3.45. The fourth-order valence-corrected chi connectivity index (χ4v) is 2.26. The standard InChI is InChI=1S/C14H22N4O4/c1-3-21-14(20)18-8-6-17(7-9-18)5-4-13(19)15-12-10-11(2)22-16-12/h10H,3-9H2,1-2H3,(H,15,16,19). The number of nitrogens with one attached hydrogen (secondary N) is 1. The molecule has 2 amide bonds. The highest BCUT2D eigenvalue weighted by atomic mass is 16.6. The van der Waals surface area contributed by atoms with Gasteiger partial charge in [0.1, 0.15) is 5.76 Å². The minimum absolute atomic E-state index is 0.0962. The molecule has 1 saturated heterocycles. The van der Waals surface area contributed by atoms with Crippen LogP contribution in [0.1, 0.15) is 19.1 Å². The van der Waals surface area contributed by atoms with E-state index < -0.39 is 0 Å². The van der Waals surface area contributed by atoms with Crippen LogP contribution in [-0.4, -0.2) is 66.3 Å². The number of nitrogens with zero attached hydrogens (tertiary/aromatic N) is 3. The first-order chi connectivity index (χ1) is 10.6. The number of hydrogen-bond donors (Lipinski definition) is 1. The fourth-order valence-electron chi connectivity index (χ4n) is 2.26. The van der Waals surface area contributed by atoms with Crippen LogP contribution in [0, 0.1) is 6.92 Å². The molecule has 1 aliphatic rings. The average molecular weight is 310 g/mol. The zero-order chi connectivity index (χ0) is 15.9. The summed E-state index contributed by atoms with van der Waals surface area (Å²) < 4.78 is 9.86. The van der Waals surface area contributed by atoms with Gasteiger partial charge in [-0.05, 0) is 13.8 Å². The minimum Gasteiger partial charge on any atom is -0.450 e. The van der Waals surface area contributed by atoms with E-state index in [0.717, 1.165) is 13.1 Å². The molecule has 2 heterocycles. The quantitative estimate of drug-likeness (QED) is 0.876.